The number of nitrogens with one attached hydrogen (secondary N) is 1. The summed E-state index contributed by atoms with van der Waals surface area (Å²) >= 11 is 12.2. The molecule has 1 amide bonds. The molecule has 0 atom stereocenters. The first-order chi connectivity index (χ1) is 10.0. The number of nitrogens with zero attached hydrogens (tertiary/aromatic N) is 1. The van der Waals surface area contributed by atoms with Crippen molar-refractivity contribution in [3.8, 4) is 5.75 Å². The minimum Gasteiger partial charge on any atom is -0.494 e. The molecule has 116 valence electrons. The number of likely N-dealkylation sites (tertiary alicyclic amines) is 1. The van der Waals surface area contributed by atoms with Crippen LogP contribution in [0.15, 0.2) is 12.1 Å². The molecule has 0 bridgehead atoms. The first-order valence-corrected chi connectivity index (χ1v) is 7.77. The van der Waals surface area contributed by atoms with Gasteiger partial charge in [-0.15, -0.1) is 0 Å². The lowest BCUT2D eigenvalue weighted by Crippen LogP contribution is -2.37. The molecule has 1 aromatic carbocycles. The maximum Gasteiger partial charge on any atom is 0.256 e. The van der Waals surface area contributed by atoms with Gasteiger partial charge in [0.05, 0.1) is 17.2 Å². The Kier molecular flexibility index (Phi) is 5.73. The fourth-order valence-corrected chi connectivity index (χ4v) is 3.01. The Morgan fingerprint density at radius 2 is 1.95 bits per heavy atom. The van der Waals surface area contributed by atoms with Gasteiger partial charge in [0.1, 0.15) is 5.56 Å². The van der Waals surface area contributed by atoms with Crippen LogP contribution in [0.5, 0.6) is 5.75 Å². The van der Waals surface area contributed by atoms with Gasteiger partial charge >= 0.3 is 0 Å². The highest BCUT2D eigenvalue weighted by molar-refractivity contribution is 6.37. The van der Waals surface area contributed by atoms with Gasteiger partial charge in [0.25, 0.3) is 5.91 Å². The van der Waals surface area contributed by atoms with Gasteiger partial charge in [-0.3, -0.25) is 4.79 Å². The summed E-state index contributed by atoms with van der Waals surface area (Å²) in [5.74, 6) is 0.595. The molecule has 0 aliphatic carbocycles. The summed E-state index contributed by atoms with van der Waals surface area (Å²) < 4.78 is 5.20. The Bertz CT molecular complexity index is 515. The average molecular weight is 331 g/mol. The standard InChI is InChI=1S/C15H20Cl2N2O2/c1-19-7-5-10(6-8-19)9-18-15(20)13-11(16)3-4-12(17)14(13)21-2/h3-4,10H,5-9H2,1-2H3,(H,18,20). The Labute approximate surface area is 135 Å². The second-order valence-electron chi connectivity index (χ2n) is 5.39. The highest BCUT2D eigenvalue weighted by Crippen LogP contribution is 2.33. The zero-order chi connectivity index (χ0) is 15.4. The van der Waals surface area contributed by atoms with Crippen LogP contribution in [-0.2, 0) is 0 Å². The van der Waals surface area contributed by atoms with Crippen molar-refractivity contribution in [1.82, 2.24) is 10.2 Å². The Morgan fingerprint density at radius 3 is 2.57 bits per heavy atom. The Hall–Kier alpha value is -0.970. The molecule has 6 heteroatoms. The van der Waals surface area contributed by atoms with E-state index < -0.39 is 0 Å². The molecule has 1 N–H and O–H groups in total. The number of rotatable bonds is 4. The maximum absolute atomic E-state index is 12.4. The number of benzene rings is 1. The summed E-state index contributed by atoms with van der Waals surface area (Å²) in [7, 11) is 3.59. The summed E-state index contributed by atoms with van der Waals surface area (Å²) in [6.45, 7) is 2.79. The molecule has 1 heterocycles. The zero-order valence-corrected chi connectivity index (χ0v) is 13.8. The number of hydrogen-bond acceptors (Lipinski definition) is 3. The minimum atomic E-state index is -0.238. The highest BCUT2D eigenvalue weighted by Gasteiger charge is 2.21. The topological polar surface area (TPSA) is 41.6 Å². The SMILES string of the molecule is COc1c(Cl)ccc(Cl)c1C(=O)NCC1CCN(C)CC1. The predicted octanol–water partition coefficient (Wildman–Crippen LogP) is 3.07. The first kappa shape index (κ1) is 16.4. The second-order valence-corrected chi connectivity index (χ2v) is 6.21. The molecule has 0 spiro atoms. The first-order valence-electron chi connectivity index (χ1n) is 7.01. The van der Waals surface area contributed by atoms with Gasteiger partial charge in [0.2, 0.25) is 0 Å². The van der Waals surface area contributed by atoms with Gasteiger partial charge in [-0.1, -0.05) is 23.2 Å². The highest BCUT2D eigenvalue weighted by atomic mass is 35.5. The number of ether oxygens (including phenoxy) is 1. The minimum absolute atomic E-state index is 0.238. The van der Waals surface area contributed by atoms with Crippen molar-refractivity contribution in [3.63, 3.8) is 0 Å². The van der Waals surface area contributed by atoms with Crippen molar-refractivity contribution in [3.05, 3.63) is 27.7 Å². The smallest absolute Gasteiger partial charge is 0.256 e. The van der Waals surface area contributed by atoms with Crippen molar-refractivity contribution in [2.45, 2.75) is 12.8 Å². The molecule has 1 aromatic rings. The van der Waals surface area contributed by atoms with E-state index in [0.717, 1.165) is 25.9 Å². The van der Waals surface area contributed by atoms with Crippen molar-refractivity contribution in [2.24, 2.45) is 5.92 Å². The van der Waals surface area contributed by atoms with E-state index >= 15 is 0 Å². The number of carbonyl (C=O) groups is 1. The monoisotopic (exact) mass is 330 g/mol. The van der Waals surface area contributed by atoms with Crippen LogP contribution in [0.3, 0.4) is 0 Å². The number of methoxy groups -OCH3 is 1. The summed E-state index contributed by atoms with van der Waals surface area (Å²) in [4.78, 5) is 14.7. The predicted molar refractivity (Wildman–Crippen MR) is 85.6 cm³/mol. The summed E-state index contributed by atoms with van der Waals surface area (Å²) in [5, 5.41) is 3.67. The molecule has 0 radical (unpaired) electrons. The van der Waals surface area contributed by atoms with Crippen LogP contribution < -0.4 is 10.1 Å². The molecule has 1 fully saturated rings. The van der Waals surface area contributed by atoms with Crippen LogP contribution in [0.2, 0.25) is 10.0 Å². The lowest BCUT2D eigenvalue weighted by molar-refractivity contribution is 0.0936. The third kappa shape index (κ3) is 4.02. The molecule has 1 saturated heterocycles. The summed E-state index contributed by atoms with van der Waals surface area (Å²) in [5.41, 5.74) is 0.305. The van der Waals surface area contributed by atoms with Crippen molar-refractivity contribution in [1.29, 1.82) is 0 Å². The third-order valence-electron chi connectivity index (χ3n) is 3.88. The van der Waals surface area contributed by atoms with E-state index in [0.29, 0.717) is 33.8 Å². The molecule has 21 heavy (non-hydrogen) atoms. The lowest BCUT2D eigenvalue weighted by Gasteiger charge is -2.29. The molecule has 0 aromatic heterocycles. The second kappa shape index (κ2) is 7.34. The summed E-state index contributed by atoms with van der Waals surface area (Å²) in [6, 6.07) is 3.23. The lowest BCUT2D eigenvalue weighted by atomic mass is 9.97. The van der Waals surface area contributed by atoms with Gasteiger partial charge in [-0.25, -0.2) is 0 Å². The zero-order valence-electron chi connectivity index (χ0n) is 12.3. The van der Waals surface area contributed by atoms with Crippen molar-refractivity contribution >= 4 is 29.1 Å². The molecular weight excluding hydrogens is 311 g/mol. The van der Waals surface area contributed by atoms with E-state index in [-0.39, 0.29) is 5.91 Å². The molecule has 0 saturated carbocycles. The van der Waals surface area contributed by atoms with E-state index in [4.69, 9.17) is 27.9 Å². The fourth-order valence-electron chi connectivity index (χ4n) is 2.54. The van der Waals surface area contributed by atoms with E-state index in [1.165, 1.54) is 7.11 Å². The molecule has 0 unspecified atom stereocenters. The Morgan fingerprint density at radius 1 is 1.33 bits per heavy atom. The fraction of sp³-hybridized carbons (Fsp3) is 0.533. The van der Waals surface area contributed by atoms with Crippen molar-refractivity contribution < 1.29 is 9.53 Å². The van der Waals surface area contributed by atoms with Gasteiger partial charge in [-0.2, -0.15) is 0 Å². The van der Waals surface area contributed by atoms with E-state index in [2.05, 4.69) is 17.3 Å². The third-order valence-corrected chi connectivity index (χ3v) is 4.49. The van der Waals surface area contributed by atoms with Crippen LogP contribution >= 0.6 is 23.2 Å². The van der Waals surface area contributed by atoms with Crippen LogP contribution in [-0.4, -0.2) is 44.6 Å². The van der Waals surface area contributed by atoms with Gasteiger partial charge in [0.15, 0.2) is 5.75 Å². The normalized spacial score (nSPS) is 16.8. The van der Waals surface area contributed by atoms with Gasteiger partial charge < -0.3 is 15.0 Å². The summed E-state index contributed by atoms with van der Waals surface area (Å²) in [6.07, 6.45) is 2.19. The van der Waals surface area contributed by atoms with E-state index in [1.54, 1.807) is 12.1 Å². The van der Waals surface area contributed by atoms with Crippen LogP contribution in [0.1, 0.15) is 23.2 Å². The number of amides is 1. The maximum atomic E-state index is 12.4. The Balaban J connectivity index is 2.02. The largest absolute Gasteiger partial charge is 0.494 e. The molecular formula is C15H20Cl2N2O2. The number of hydrogen-bond donors (Lipinski definition) is 1. The van der Waals surface area contributed by atoms with Gasteiger partial charge in [0, 0.05) is 6.54 Å². The quantitative estimate of drug-likeness (QED) is 0.922. The van der Waals surface area contributed by atoms with Crippen LogP contribution in [0.4, 0.5) is 0 Å². The molecule has 2 rings (SSSR count). The average Bonchev–Trinajstić information content (AvgIpc) is 2.48. The number of carbonyl (C=O) groups excluding carboxylic acids is 1. The van der Waals surface area contributed by atoms with E-state index in [1.807, 2.05) is 0 Å². The molecule has 1 aliphatic heterocycles. The molecule has 4 nitrogen and oxygen atoms in total. The number of piperidine rings is 1. The van der Waals surface area contributed by atoms with Crippen LogP contribution in [0, 0.1) is 5.92 Å². The van der Waals surface area contributed by atoms with Crippen LogP contribution in [0.25, 0.3) is 0 Å². The van der Waals surface area contributed by atoms with Crippen molar-refractivity contribution in [2.75, 3.05) is 33.8 Å². The molecule has 1 aliphatic rings. The van der Waals surface area contributed by atoms with E-state index in [9.17, 15) is 4.79 Å². The number of halogens is 2. The van der Waals surface area contributed by atoms with Gasteiger partial charge in [-0.05, 0) is 51.0 Å².